The van der Waals surface area contributed by atoms with Crippen molar-refractivity contribution < 1.29 is 4.79 Å². The van der Waals surface area contributed by atoms with Gasteiger partial charge < -0.3 is 5.32 Å². The maximum absolute atomic E-state index is 12.3. The topological polar surface area (TPSA) is 32.3 Å². The number of hydrogen-bond donors (Lipinski definition) is 1. The second-order valence-corrected chi connectivity index (χ2v) is 6.24. The molecule has 0 atom stereocenters. The molecule has 0 saturated carbocycles. The fourth-order valence-electron chi connectivity index (χ4n) is 3.05. The number of anilines is 1. The van der Waals surface area contributed by atoms with Crippen molar-refractivity contribution in [1.29, 1.82) is 0 Å². The van der Waals surface area contributed by atoms with E-state index in [0.29, 0.717) is 0 Å². The Hall–Kier alpha value is -2.39. The Bertz CT molecular complexity index is 659. The predicted molar refractivity (Wildman–Crippen MR) is 99.7 cm³/mol. The van der Waals surface area contributed by atoms with Gasteiger partial charge in [0.25, 0.3) is 0 Å². The lowest BCUT2D eigenvalue weighted by molar-refractivity contribution is -0.121. The number of para-hydroxylation sites is 1. The minimum absolute atomic E-state index is 0.125. The largest absolute Gasteiger partial charge is 0.326 e. The van der Waals surface area contributed by atoms with Gasteiger partial charge in [-0.1, -0.05) is 60.7 Å². The van der Waals surface area contributed by atoms with Gasteiger partial charge in [0.1, 0.15) is 0 Å². The molecule has 1 fully saturated rings. The van der Waals surface area contributed by atoms with Crippen LogP contribution in [0, 0.1) is 5.92 Å². The van der Waals surface area contributed by atoms with Gasteiger partial charge in [-0.05, 0) is 43.6 Å². The number of piperidine rings is 1. The number of amides is 1. The number of benzene rings is 2. The fourth-order valence-corrected chi connectivity index (χ4v) is 3.05. The van der Waals surface area contributed by atoms with E-state index >= 15 is 0 Å². The normalized spacial score (nSPS) is 16.3. The SMILES string of the molecule is O=C(Nc1ccccc1)C1CCN(C/C=C/c2ccccc2)CC1. The molecule has 0 bridgehead atoms. The Morgan fingerprint density at radius 1 is 1.00 bits per heavy atom. The van der Waals surface area contributed by atoms with Crippen LogP contribution in [-0.4, -0.2) is 30.4 Å². The molecule has 0 aromatic heterocycles. The number of rotatable bonds is 5. The first kappa shape index (κ1) is 16.5. The number of nitrogens with one attached hydrogen (secondary N) is 1. The average Bonchev–Trinajstić information content (AvgIpc) is 2.64. The molecular weight excluding hydrogens is 296 g/mol. The molecule has 2 aromatic carbocycles. The van der Waals surface area contributed by atoms with Crippen LogP contribution in [0.15, 0.2) is 66.7 Å². The van der Waals surface area contributed by atoms with Gasteiger partial charge in [-0.2, -0.15) is 0 Å². The molecule has 3 rings (SSSR count). The number of nitrogens with zero attached hydrogens (tertiary/aromatic N) is 1. The summed E-state index contributed by atoms with van der Waals surface area (Å²) < 4.78 is 0. The average molecular weight is 320 g/mol. The summed E-state index contributed by atoms with van der Waals surface area (Å²) in [6, 6.07) is 20.1. The monoisotopic (exact) mass is 320 g/mol. The molecule has 1 saturated heterocycles. The van der Waals surface area contributed by atoms with Gasteiger partial charge in [0.2, 0.25) is 5.91 Å². The van der Waals surface area contributed by atoms with E-state index in [1.807, 2.05) is 36.4 Å². The Balaban J connectivity index is 1.42. The lowest BCUT2D eigenvalue weighted by Crippen LogP contribution is -2.38. The van der Waals surface area contributed by atoms with Crippen molar-refractivity contribution in [3.63, 3.8) is 0 Å². The van der Waals surface area contributed by atoms with E-state index in [2.05, 4.69) is 46.6 Å². The molecule has 0 spiro atoms. The summed E-state index contributed by atoms with van der Waals surface area (Å²) in [6.07, 6.45) is 6.23. The van der Waals surface area contributed by atoms with Gasteiger partial charge in [0, 0.05) is 18.2 Å². The van der Waals surface area contributed by atoms with E-state index in [-0.39, 0.29) is 11.8 Å². The predicted octanol–water partition coefficient (Wildman–Crippen LogP) is 4.05. The second kappa shape index (κ2) is 8.46. The molecule has 1 N–H and O–H groups in total. The standard InChI is InChI=1S/C21H24N2O/c24-21(22-20-11-5-2-6-12-20)19-13-16-23(17-14-19)15-7-10-18-8-3-1-4-9-18/h1-12,19H,13-17H2,(H,22,24)/b10-7+. The molecule has 0 radical (unpaired) electrons. The first-order chi connectivity index (χ1) is 11.8. The van der Waals surface area contributed by atoms with Crippen molar-refractivity contribution in [2.45, 2.75) is 12.8 Å². The van der Waals surface area contributed by atoms with Crippen LogP contribution in [-0.2, 0) is 4.79 Å². The van der Waals surface area contributed by atoms with Gasteiger partial charge in [-0.3, -0.25) is 9.69 Å². The van der Waals surface area contributed by atoms with Crippen molar-refractivity contribution >= 4 is 17.7 Å². The first-order valence-electron chi connectivity index (χ1n) is 8.61. The zero-order valence-electron chi connectivity index (χ0n) is 13.9. The molecule has 2 aromatic rings. The fraction of sp³-hybridized carbons (Fsp3) is 0.286. The highest BCUT2D eigenvalue weighted by Gasteiger charge is 2.24. The summed E-state index contributed by atoms with van der Waals surface area (Å²) in [5.41, 5.74) is 2.12. The number of carbonyl (C=O) groups is 1. The molecule has 3 nitrogen and oxygen atoms in total. The van der Waals surface area contributed by atoms with Crippen LogP contribution in [0.3, 0.4) is 0 Å². The van der Waals surface area contributed by atoms with E-state index in [4.69, 9.17) is 0 Å². The van der Waals surface area contributed by atoms with Gasteiger partial charge in [0.05, 0.1) is 0 Å². The Kier molecular flexibility index (Phi) is 5.80. The van der Waals surface area contributed by atoms with Crippen LogP contribution in [0.4, 0.5) is 5.69 Å². The summed E-state index contributed by atoms with van der Waals surface area (Å²) in [5.74, 6) is 0.278. The summed E-state index contributed by atoms with van der Waals surface area (Å²) in [7, 11) is 0. The number of likely N-dealkylation sites (tertiary alicyclic amines) is 1. The van der Waals surface area contributed by atoms with Crippen molar-refractivity contribution in [2.24, 2.45) is 5.92 Å². The highest BCUT2D eigenvalue weighted by atomic mass is 16.1. The van der Waals surface area contributed by atoms with Crippen LogP contribution in [0.2, 0.25) is 0 Å². The van der Waals surface area contributed by atoms with Crippen molar-refractivity contribution in [3.05, 3.63) is 72.3 Å². The highest BCUT2D eigenvalue weighted by molar-refractivity contribution is 5.92. The van der Waals surface area contributed by atoms with Crippen molar-refractivity contribution in [1.82, 2.24) is 4.90 Å². The van der Waals surface area contributed by atoms with E-state index < -0.39 is 0 Å². The van der Waals surface area contributed by atoms with Crippen LogP contribution in [0.1, 0.15) is 18.4 Å². The zero-order chi connectivity index (χ0) is 16.6. The van der Waals surface area contributed by atoms with Gasteiger partial charge in [-0.15, -0.1) is 0 Å². The van der Waals surface area contributed by atoms with Crippen LogP contribution in [0.5, 0.6) is 0 Å². The van der Waals surface area contributed by atoms with E-state index in [0.717, 1.165) is 38.2 Å². The molecule has 1 heterocycles. The Labute approximate surface area is 144 Å². The third kappa shape index (κ3) is 4.80. The summed E-state index contributed by atoms with van der Waals surface area (Å²) in [4.78, 5) is 14.7. The van der Waals surface area contributed by atoms with E-state index in [1.165, 1.54) is 5.56 Å². The quantitative estimate of drug-likeness (QED) is 0.901. The van der Waals surface area contributed by atoms with Crippen molar-refractivity contribution in [2.75, 3.05) is 25.0 Å². The Morgan fingerprint density at radius 2 is 1.62 bits per heavy atom. The maximum Gasteiger partial charge on any atom is 0.227 e. The lowest BCUT2D eigenvalue weighted by Gasteiger charge is -2.30. The van der Waals surface area contributed by atoms with Crippen LogP contribution < -0.4 is 5.32 Å². The summed E-state index contributed by atoms with van der Waals surface area (Å²) in [6.45, 7) is 2.90. The zero-order valence-corrected chi connectivity index (χ0v) is 13.9. The molecule has 3 heteroatoms. The smallest absolute Gasteiger partial charge is 0.227 e. The number of carbonyl (C=O) groups excluding carboxylic acids is 1. The van der Waals surface area contributed by atoms with Crippen LogP contribution >= 0.6 is 0 Å². The molecule has 1 aliphatic rings. The third-order valence-corrected chi connectivity index (χ3v) is 4.47. The molecule has 24 heavy (non-hydrogen) atoms. The molecule has 0 aliphatic carbocycles. The maximum atomic E-state index is 12.3. The molecule has 124 valence electrons. The number of hydrogen-bond acceptors (Lipinski definition) is 2. The van der Waals surface area contributed by atoms with E-state index in [9.17, 15) is 4.79 Å². The lowest BCUT2D eigenvalue weighted by atomic mass is 9.96. The molecule has 1 aliphatic heterocycles. The highest BCUT2D eigenvalue weighted by Crippen LogP contribution is 2.19. The first-order valence-corrected chi connectivity index (χ1v) is 8.61. The third-order valence-electron chi connectivity index (χ3n) is 4.47. The van der Waals surface area contributed by atoms with Gasteiger partial charge in [0.15, 0.2) is 0 Å². The summed E-state index contributed by atoms with van der Waals surface area (Å²) in [5, 5.41) is 3.02. The molecular formula is C21H24N2O. The van der Waals surface area contributed by atoms with Gasteiger partial charge in [-0.25, -0.2) is 0 Å². The second-order valence-electron chi connectivity index (χ2n) is 6.24. The van der Waals surface area contributed by atoms with Crippen molar-refractivity contribution in [3.8, 4) is 0 Å². The molecule has 0 unspecified atom stereocenters. The van der Waals surface area contributed by atoms with Gasteiger partial charge >= 0.3 is 0 Å². The van der Waals surface area contributed by atoms with Crippen LogP contribution in [0.25, 0.3) is 6.08 Å². The molecule has 1 amide bonds. The summed E-state index contributed by atoms with van der Waals surface area (Å²) >= 11 is 0. The minimum atomic E-state index is 0.125. The van der Waals surface area contributed by atoms with E-state index in [1.54, 1.807) is 0 Å². The Morgan fingerprint density at radius 3 is 2.29 bits per heavy atom. The minimum Gasteiger partial charge on any atom is -0.326 e.